The quantitative estimate of drug-likeness (QED) is 0.747. The van der Waals surface area contributed by atoms with Crippen LogP contribution in [-0.4, -0.2) is 37.0 Å². The van der Waals surface area contributed by atoms with E-state index in [-0.39, 0.29) is 24.1 Å². The van der Waals surface area contributed by atoms with Crippen molar-refractivity contribution in [3.8, 4) is 0 Å². The van der Waals surface area contributed by atoms with Gasteiger partial charge in [-0.1, -0.05) is 35.9 Å². The van der Waals surface area contributed by atoms with Gasteiger partial charge in [-0.15, -0.1) is 0 Å². The zero-order valence-corrected chi connectivity index (χ0v) is 13.9. The van der Waals surface area contributed by atoms with E-state index in [2.05, 4.69) is 0 Å². The van der Waals surface area contributed by atoms with E-state index in [4.69, 9.17) is 11.6 Å². The molecule has 0 saturated carbocycles. The average molecular weight is 355 g/mol. The number of para-hydroxylation sites is 1. The van der Waals surface area contributed by atoms with Crippen LogP contribution >= 0.6 is 11.6 Å². The van der Waals surface area contributed by atoms with Crippen molar-refractivity contribution < 1.29 is 26.5 Å². The highest BCUT2D eigenvalue weighted by atomic mass is 35.5. The highest BCUT2D eigenvalue weighted by Gasteiger charge is 2.27. The fourth-order valence-electron chi connectivity index (χ4n) is 2.80. The van der Waals surface area contributed by atoms with Gasteiger partial charge in [0.25, 0.3) is 5.91 Å². The number of rotatable bonds is 2. The van der Waals surface area contributed by atoms with Gasteiger partial charge in [0.05, 0.1) is 36.8 Å². The van der Waals surface area contributed by atoms with Crippen molar-refractivity contribution in [1.29, 1.82) is 0 Å². The number of piperazine rings is 1. The Morgan fingerprint density at radius 3 is 2.30 bits per heavy atom. The van der Waals surface area contributed by atoms with Crippen LogP contribution in [0.4, 0.5) is 10.1 Å². The van der Waals surface area contributed by atoms with E-state index < -0.39 is 0 Å². The molecule has 122 valence electrons. The zero-order valence-electron chi connectivity index (χ0n) is 12.4. The summed E-state index contributed by atoms with van der Waals surface area (Å²) in [6, 6.07) is 13.9. The third-order valence-electron chi connectivity index (χ3n) is 4.01. The predicted octanol–water partition coefficient (Wildman–Crippen LogP) is -0.844. The van der Waals surface area contributed by atoms with Crippen molar-refractivity contribution in [3.05, 3.63) is 64.9 Å². The van der Waals surface area contributed by atoms with Gasteiger partial charge in [-0.25, -0.2) is 4.39 Å². The number of amides is 1. The topological polar surface area (TPSA) is 24.8 Å². The van der Waals surface area contributed by atoms with Gasteiger partial charge in [-0.3, -0.25) is 9.69 Å². The minimum absolute atomic E-state index is 0. The first-order valence-electron chi connectivity index (χ1n) is 7.30. The SMILES string of the molecule is O=C(c1ccccc1Cl)N1CC[NH+](c2ccccc2F)CC1.[Cl-]. The number of hydrogen-bond acceptors (Lipinski definition) is 1. The Kier molecular flexibility index (Phi) is 5.99. The fourth-order valence-corrected chi connectivity index (χ4v) is 3.02. The molecule has 3 rings (SSSR count). The molecule has 1 aliphatic rings. The molecule has 0 bridgehead atoms. The maximum Gasteiger partial charge on any atom is 0.255 e. The lowest BCUT2D eigenvalue weighted by molar-refractivity contribution is -0.838. The molecule has 1 saturated heterocycles. The molecule has 1 heterocycles. The molecule has 0 aromatic heterocycles. The van der Waals surface area contributed by atoms with Crippen molar-refractivity contribution >= 4 is 23.2 Å². The summed E-state index contributed by atoms with van der Waals surface area (Å²) in [5.74, 6) is -0.249. The normalized spacial score (nSPS) is 15.1. The van der Waals surface area contributed by atoms with Crippen LogP contribution in [0.15, 0.2) is 48.5 Å². The lowest BCUT2D eigenvalue weighted by Gasteiger charge is -2.32. The molecule has 6 heteroatoms. The Hall–Kier alpha value is -1.62. The van der Waals surface area contributed by atoms with Crippen LogP contribution in [0.5, 0.6) is 0 Å². The summed E-state index contributed by atoms with van der Waals surface area (Å²) < 4.78 is 13.8. The third-order valence-corrected chi connectivity index (χ3v) is 4.34. The highest BCUT2D eigenvalue weighted by molar-refractivity contribution is 6.33. The maximum atomic E-state index is 13.8. The van der Waals surface area contributed by atoms with Gasteiger partial charge >= 0.3 is 0 Å². The second kappa shape index (κ2) is 7.77. The number of nitrogens with zero attached hydrogens (tertiary/aromatic N) is 1. The van der Waals surface area contributed by atoms with Crippen molar-refractivity contribution in [2.45, 2.75) is 0 Å². The van der Waals surface area contributed by atoms with Gasteiger partial charge in [0.15, 0.2) is 11.5 Å². The minimum Gasteiger partial charge on any atom is -1.00 e. The van der Waals surface area contributed by atoms with Crippen LogP contribution in [0.25, 0.3) is 0 Å². The standard InChI is InChI=1S/C17H16ClFN2O.ClH/c18-14-6-2-1-5-13(14)17(22)21-11-9-20(10-12-21)16-8-4-3-7-15(16)19;/h1-8H,9-12H2;1H. The molecule has 1 aliphatic heterocycles. The average Bonchev–Trinajstić information content (AvgIpc) is 2.55. The molecule has 1 N–H and O–H groups in total. The molecular weight excluding hydrogens is 338 g/mol. The molecule has 2 aromatic carbocycles. The highest BCUT2D eigenvalue weighted by Crippen LogP contribution is 2.17. The number of halogens is 3. The summed E-state index contributed by atoms with van der Waals surface area (Å²) >= 11 is 6.08. The summed E-state index contributed by atoms with van der Waals surface area (Å²) in [5.41, 5.74) is 1.20. The largest absolute Gasteiger partial charge is 1.00 e. The molecule has 0 atom stereocenters. The fraction of sp³-hybridized carbons (Fsp3) is 0.235. The first-order chi connectivity index (χ1) is 10.7. The molecule has 1 fully saturated rings. The van der Waals surface area contributed by atoms with Gasteiger partial charge in [-0.2, -0.15) is 0 Å². The number of hydrogen-bond donors (Lipinski definition) is 1. The van der Waals surface area contributed by atoms with Crippen molar-refractivity contribution in [1.82, 2.24) is 4.90 Å². The monoisotopic (exact) mass is 354 g/mol. The Bertz CT molecular complexity index is 688. The summed E-state index contributed by atoms with van der Waals surface area (Å²) in [7, 11) is 0. The van der Waals surface area contributed by atoms with Gasteiger partial charge in [0.1, 0.15) is 0 Å². The van der Waals surface area contributed by atoms with Gasteiger partial charge < -0.3 is 17.3 Å². The van der Waals surface area contributed by atoms with E-state index in [1.54, 1.807) is 41.3 Å². The molecule has 1 amide bonds. The lowest BCUT2D eigenvalue weighted by Crippen LogP contribution is -3.10. The van der Waals surface area contributed by atoms with Crippen LogP contribution in [0, 0.1) is 5.82 Å². The Labute approximate surface area is 146 Å². The minimum atomic E-state index is -0.191. The summed E-state index contributed by atoms with van der Waals surface area (Å²) in [6.45, 7) is 2.57. The molecular formula is C17H17Cl2FN2O. The maximum absolute atomic E-state index is 13.8. The second-order valence-corrected chi connectivity index (χ2v) is 5.76. The summed E-state index contributed by atoms with van der Waals surface area (Å²) in [4.78, 5) is 15.3. The van der Waals surface area contributed by atoms with E-state index in [0.717, 1.165) is 4.90 Å². The molecule has 0 radical (unpaired) electrons. The van der Waals surface area contributed by atoms with Gasteiger partial charge in [0.2, 0.25) is 0 Å². The summed E-state index contributed by atoms with van der Waals surface area (Å²) in [6.07, 6.45) is 0. The van der Waals surface area contributed by atoms with Gasteiger partial charge in [-0.05, 0) is 18.2 Å². The number of nitrogens with one attached hydrogen (secondary N) is 1. The number of carbonyl (C=O) groups excluding carboxylic acids is 1. The molecule has 2 aromatic rings. The second-order valence-electron chi connectivity index (χ2n) is 5.36. The van der Waals surface area contributed by atoms with Crippen molar-refractivity contribution in [3.63, 3.8) is 0 Å². The lowest BCUT2D eigenvalue weighted by atomic mass is 10.1. The van der Waals surface area contributed by atoms with Crippen LogP contribution < -0.4 is 17.3 Å². The Morgan fingerprint density at radius 1 is 1.04 bits per heavy atom. The van der Waals surface area contributed by atoms with E-state index in [1.807, 2.05) is 6.07 Å². The first kappa shape index (κ1) is 17.7. The first-order valence-corrected chi connectivity index (χ1v) is 7.68. The van der Waals surface area contributed by atoms with Crippen molar-refractivity contribution in [2.24, 2.45) is 0 Å². The van der Waals surface area contributed by atoms with E-state index >= 15 is 0 Å². The predicted molar refractivity (Wildman–Crippen MR) is 84.1 cm³/mol. The molecule has 0 spiro atoms. The third kappa shape index (κ3) is 3.83. The smallest absolute Gasteiger partial charge is 0.255 e. The van der Waals surface area contributed by atoms with Crippen LogP contribution in [0.3, 0.4) is 0 Å². The van der Waals surface area contributed by atoms with E-state index in [1.165, 1.54) is 6.07 Å². The number of carbonyl (C=O) groups is 1. The molecule has 0 unspecified atom stereocenters. The van der Waals surface area contributed by atoms with Crippen LogP contribution in [0.2, 0.25) is 5.02 Å². The van der Waals surface area contributed by atoms with E-state index in [0.29, 0.717) is 42.5 Å². The number of quaternary nitrogens is 1. The van der Waals surface area contributed by atoms with Crippen molar-refractivity contribution in [2.75, 3.05) is 26.2 Å². The zero-order chi connectivity index (χ0) is 15.5. The Balaban J connectivity index is 0.00000192. The Morgan fingerprint density at radius 2 is 1.65 bits per heavy atom. The van der Waals surface area contributed by atoms with E-state index in [9.17, 15) is 9.18 Å². The number of benzene rings is 2. The molecule has 0 aliphatic carbocycles. The summed E-state index contributed by atoms with van der Waals surface area (Å²) in [5, 5.41) is 0.469. The van der Waals surface area contributed by atoms with Gasteiger partial charge in [0, 0.05) is 6.07 Å². The molecule has 23 heavy (non-hydrogen) atoms. The van der Waals surface area contributed by atoms with Crippen LogP contribution in [-0.2, 0) is 0 Å². The molecule has 3 nitrogen and oxygen atoms in total. The van der Waals surface area contributed by atoms with Crippen LogP contribution in [0.1, 0.15) is 10.4 Å².